The second-order valence-electron chi connectivity index (χ2n) is 8.08. The van der Waals surface area contributed by atoms with Crippen LogP contribution < -0.4 is 0 Å². The topological polar surface area (TPSA) is 55.8 Å². The van der Waals surface area contributed by atoms with Gasteiger partial charge in [0.25, 0.3) is 8.32 Å². The summed E-state index contributed by atoms with van der Waals surface area (Å²) in [5.41, 5.74) is -0.191. The third-order valence-corrected chi connectivity index (χ3v) is 11.4. The van der Waals surface area contributed by atoms with Gasteiger partial charge in [0.1, 0.15) is 0 Å². The minimum Gasteiger partial charge on any atom is -0.546 e. The van der Waals surface area contributed by atoms with Crippen molar-refractivity contribution in [1.29, 1.82) is 0 Å². The molecule has 152 valence electrons. The summed E-state index contributed by atoms with van der Waals surface area (Å²) >= 11 is 0. The van der Waals surface area contributed by atoms with Gasteiger partial charge in [0, 0.05) is 6.42 Å². The van der Waals surface area contributed by atoms with Crippen LogP contribution in [0, 0.1) is 0 Å². The zero-order valence-electron chi connectivity index (χ0n) is 17.9. The van der Waals surface area contributed by atoms with Gasteiger partial charge in [-0.3, -0.25) is 0 Å². The van der Waals surface area contributed by atoms with Crippen LogP contribution in [0.1, 0.15) is 60.5 Å². The van der Waals surface area contributed by atoms with Gasteiger partial charge in [0.15, 0.2) is 5.60 Å². The van der Waals surface area contributed by atoms with Crippen LogP contribution in [-0.4, -0.2) is 26.0 Å². The highest BCUT2D eigenvalue weighted by Crippen LogP contribution is 2.44. The molecule has 5 heteroatoms. The lowest BCUT2D eigenvalue weighted by Crippen LogP contribution is -2.48. The van der Waals surface area contributed by atoms with E-state index in [0.717, 1.165) is 0 Å². The van der Waals surface area contributed by atoms with Crippen molar-refractivity contribution in [1.82, 2.24) is 0 Å². The Labute approximate surface area is 165 Å². The number of hydrogen-bond acceptors (Lipinski definition) is 4. The van der Waals surface area contributed by atoms with E-state index < -0.39 is 19.9 Å². The molecule has 0 spiro atoms. The van der Waals surface area contributed by atoms with E-state index in [1.54, 1.807) is 31.2 Å². The molecule has 1 N–H and O–H groups in total. The molecule has 0 aliphatic carbocycles. The van der Waals surface area contributed by atoms with Gasteiger partial charge in [-0.25, -0.2) is 4.79 Å². The first kappa shape index (κ1) is 23.4. The monoisotopic (exact) mass is 392 g/mol. The summed E-state index contributed by atoms with van der Waals surface area (Å²) in [6, 6.07) is 8.87. The van der Waals surface area contributed by atoms with Crippen molar-refractivity contribution in [3.63, 3.8) is 0 Å². The average Bonchev–Trinajstić information content (AvgIpc) is 2.59. The Balaban J connectivity index is 3.22. The predicted octanol–water partition coefficient (Wildman–Crippen LogP) is 5.53. The molecule has 0 saturated carbocycles. The van der Waals surface area contributed by atoms with E-state index in [-0.39, 0.29) is 13.0 Å². The van der Waals surface area contributed by atoms with Crippen LogP contribution in [0.5, 0.6) is 0 Å². The van der Waals surface area contributed by atoms with Crippen molar-refractivity contribution in [2.24, 2.45) is 0 Å². The molecule has 0 aliphatic heterocycles. The van der Waals surface area contributed by atoms with Crippen molar-refractivity contribution in [3.8, 4) is 0 Å². The third-order valence-electron chi connectivity index (χ3n) is 5.35. The first-order valence-corrected chi connectivity index (χ1v) is 12.0. The van der Waals surface area contributed by atoms with Gasteiger partial charge in [0.2, 0.25) is 0 Å². The SMILES string of the molecule is C=C(C[C@@](O)(C(=O)OCC)c1ccccc1)O[Si](C(C)C)(C(C)C)C(C)C. The van der Waals surface area contributed by atoms with Crippen molar-refractivity contribution < 1.29 is 19.1 Å². The van der Waals surface area contributed by atoms with Gasteiger partial charge in [-0.05, 0) is 29.1 Å². The van der Waals surface area contributed by atoms with E-state index in [0.29, 0.717) is 27.9 Å². The second kappa shape index (κ2) is 9.56. The fourth-order valence-corrected chi connectivity index (χ4v) is 9.46. The van der Waals surface area contributed by atoms with Crippen LogP contribution in [0.4, 0.5) is 0 Å². The van der Waals surface area contributed by atoms with Crippen molar-refractivity contribution >= 4 is 14.3 Å². The largest absolute Gasteiger partial charge is 0.546 e. The summed E-state index contributed by atoms with van der Waals surface area (Å²) in [7, 11) is -2.21. The summed E-state index contributed by atoms with van der Waals surface area (Å²) in [4.78, 5) is 12.6. The van der Waals surface area contributed by atoms with E-state index in [1.165, 1.54) is 0 Å². The highest BCUT2D eigenvalue weighted by molar-refractivity contribution is 6.77. The van der Waals surface area contributed by atoms with Crippen molar-refractivity contribution in [3.05, 3.63) is 48.2 Å². The molecule has 0 saturated heterocycles. The van der Waals surface area contributed by atoms with E-state index in [2.05, 4.69) is 48.1 Å². The molecule has 1 aromatic rings. The first-order valence-electron chi connectivity index (χ1n) is 9.84. The van der Waals surface area contributed by atoms with E-state index in [1.807, 2.05) is 6.07 Å². The van der Waals surface area contributed by atoms with E-state index >= 15 is 0 Å². The van der Waals surface area contributed by atoms with Crippen LogP contribution in [0.25, 0.3) is 0 Å². The second-order valence-corrected chi connectivity index (χ2v) is 13.5. The molecule has 0 bridgehead atoms. The molecule has 0 aliphatic rings. The van der Waals surface area contributed by atoms with Crippen LogP contribution in [0.3, 0.4) is 0 Å². The quantitative estimate of drug-likeness (QED) is 0.323. The molecule has 1 aromatic carbocycles. The van der Waals surface area contributed by atoms with Crippen LogP contribution in [0.2, 0.25) is 16.6 Å². The molecule has 0 fully saturated rings. The Bertz CT molecular complexity index is 603. The first-order chi connectivity index (χ1) is 12.5. The number of carbonyl (C=O) groups is 1. The average molecular weight is 393 g/mol. The number of aliphatic hydroxyl groups is 1. The molecule has 4 nitrogen and oxygen atoms in total. The summed E-state index contributed by atoms with van der Waals surface area (Å²) in [5, 5.41) is 11.3. The fraction of sp³-hybridized carbons (Fsp3) is 0.591. The predicted molar refractivity (Wildman–Crippen MR) is 113 cm³/mol. The smallest absolute Gasteiger partial charge is 0.343 e. The number of hydrogen-bond donors (Lipinski definition) is 1. The number of esters is 1. The number of benzene rings is 1. The molecular weight excluding hydrogens is 356 g/mol. The van der Waals surface area contributed by atoms with E-state index in [4.69, 9.17) is 9.16 Å². The Morgan fingerprint density at radius 1 is 1.07 bits per heavy atom. The fourth-order valence-electron chi connectivity index (χ4n) is 4.18. The molecule has 1 rings (SSSR count). The highest BCUT2D eigenvalue weighted by atomic mass is 28.4. The molecule has 0 amide bonds. The minimum absolute atomic E-state index is 0.0171. The molecule has 27 heavy (non-hydrogen) atoms. The van der Waals surface area contributed by atoms with Crippen LogP contribution in [0.15, 0.2) is 42.7 Å². The Kier molecular flexibility index (Phi) is 8.30. The maximum Gasteiger partial charge on any atom is 0.343 e. The maximum absolute atomic E-state index is 12.6. The Morgan fingerprint density at radius 2 is 1.56 bits per heavy atom. The van der Waals surface area contributed by atoms with Gasteiger partial charge >= 0.3 is 5.97 Å². The molecule has 0 radical (unpaired) electrons. The molecule has 1 atom stereocenters. The van der Waals surface area contributed by atoms with Crippen LogP contribution >= 0.6 is 0 Å². The maximum atomic E-state index is 12.6. The van der Waals surface area contributed by atoms with Gasteiger partial charge in [0.05, 0.1) is 12.4 Å². The minimum atomic E-state index is -2.21. The number of rotatable bonds is 10. The zero-order chi connectivity index (χ0) is 20.8. The lowest BCUT2D eigenvalue weighted by molar-refractivity contribution is -0.166. The van der Waals surface area contributed by atoms with Crippen molar-refractivity contribution in [2.75, 3.05) is 6.61 Å². The van der Waals surface area contributed by atoms with Gasteiger partial charge < -0.3 is 14.3 Å². The molecule has 0 aromatic heterocycles. The lowest BCUT2D eigenvalue weighted by Gasteiger charge is -2.43. The third kappa shape index (κ3) is 5.02. The zero-order valence-corrected chi connectivity index (χ0v) is 18.9. The standard InChI is InChI=1S/C22H36O4Si/c1-9-25-21(23)22(24,20-13-11-10-12-14-20)15-19(8)26-27(16(2)3,17(4)5)18(6)7/h10-14,16-18,24H,8-9,15H2,1-7H3/t22-/m0/s1. The molecular formula is C22H36O4Si. The molecule has 0 heterocycles. The van der Waals surface area contributed by atoms with Crippen molar-refractivity contribution in [2.45, 2.75) is 77.1 Å². The van der Waals surface area contributed by atoms with Gasteiger partial charge in [-0.1, -0.05) is 78.5 Å². The Morgan fingerprint density at radius 3 is 1.96 bits per heavy atom. The number of carbonyl (C=O) groups excluding carboxylic acids is 1. The number of ether oxygens (including phenoxy) is 1. The summed E-state index contributed by atoms with van der Waals surface area (Å²) in [5.74, 6) is -0.232. The van der Waals surface area contributed by atoms with E-state index in [9.17, 15) is 9.90 Å². The summed E-state index contributed by atoms with van der Waals surface area (Å²) in [6.07, 6.45) is -0.0171. The van der Waals surface area contributed by atoms with Crippen LogP contribution in [-0.2, 0) is 19.6 Å². The lowest BCUT2D eigenvalue weighted by atomic mass is 9.90. The summed E-state index contributed by atoms with van der Waals surface area (Å²) < 4.78 is 11.7. The summed E-state index contributed by atoms with van der Waals surface area (Å²) in [6.45, 7) is 19.1. The van der Waals surface area contributed by atoms with Gasteiger partial charge in [-0.15, -0.1) is 0 Å². The Hall–Kier alpha value is -1.59. The molecule has 0 unspecified atom stereocenters. The van der Waals surface area contributed by atoms with Gasteiger partial charge in [-0.2, -0.15) is 0 Å². The highest BCUT2D eigenvalue weighted by Gasteiger charge is 2.48. The normalized spacial score (nSPS) is 14.3.